The standard InChI is InChI=1S/C10H14BrNS/c1-7-5-8(11)9(13-7)6-10(12-2)3-4-10/h5,12H,3-4,6H2,1-2H3. The molecule has 1 nitrogen and oxygen atoms in total. The van der Waals surface area contributed by atoms with Crippen LogP contribution >= 0.6 is 27.3 Å². The average Bonchev–Trinajstić information content (AvgIpc) is 2.77. The van der Waals surface area contributed by atoms with Crippen molar-refractivity contribution in [1.29, 1.82) is 0 Å². The Hall–Kier alpha value is 0.140. The molecule has 0 spiro atoms. The molecule has 1 N–H and O–H groups in total. The lowest BCUT2D eigenvalue weighted by Crippen LogP contribution is -2.29. The topological polar surface area (TPSA) is 12.0 Å². The number of hydrogen-bond acceptors (Lipinski definition) is 2. The van der Waals surface area contributed by atoms with Crippen molar-refractivity contribution >= 4 is 27.3 Å². The Bertz CT molecular complexity index is 315. The predicted octanol–water partition coefficient (Wildman–Crippen LogP) is 3.11. The number of hydrogen-bond donors (Lipinski definition) is 1. The molecule has 2 rings (SSSR count). The van der Waals surface area contributed by atoms with Gasteiger partial charge >= 0.3 is 0 Å². The second-order valence-electron chi connectivity index (χ2n) is 3.84. The van der Waals surface area contributed by atoms with Gasteiger partial charge in [-0.1, -0.05) is 0 Å². The quantitative estimate of drug-likeness (QED) is 0.880. The van der Waals surface area contributed by atoms with Crippen LogP contribution in [-0.2, 0) is 6.42 Å². The van der Waals surface area contributed by atoms with E-state index in [0.29, 0.717) is 5.54 Å². The van der Waals surface area contributed by atoms with Crippen LogP contribution in [0.25, 0.3) is 0 Å². The molecule has 13 heavy (non-hydrogen) atoms. The maximum Gasteiger partial charge on any atom is 0.0317 e. The average molecular weight is 260 g/mol. The lowest BCUT2D eigenvalue weighted by atomic mass is 10.1. The minimum atomic E-state index is 0.430. The van der Waals surface area contributed by atoms with Crippen molar-refractivity contribution in [2.75, 3.05) is 7.05 Å². The van der Waals surface area contributed by atoms with Crippen LogP contribution in [0.4, 0.5) is 0 Å². The molecule has 1 aromatic heterocycles. The van der Waals surface area contributed by atoms with Crippen LogP contribution in [0.5, 0.6) is 0 Å². The summed E-state index contributed by atoms with van der Waals surface area (Å²) in [7, 11) is 2.07. The Labute approximate surface area is 91.7 Å². The van der Waals surface area contributed by atoms with Gasteiger partial charge in [-0.05, 0) is 48.8 Å². The van der Waals surface area contributed by atoms with E-state index in [1.54, 1.807) is 0 Å². The van der Waals surface area contributed by atoms with Crippen LogP contribution in [-0.4, -0.2) is 12.6 Å². The van der Waals surface area contributed by atoms with Gasteiger partial charge in [-0.25, -0.2) is 0 Å². The molecule has 0 bridgehead atoms. The first-order chi connectivity index (χ1) is 6.15. The largest absolute Gasteiger partial charge is 0.314 e. The van der Waals surface area contributed by atoms with Gasteiger partial charge in [0, 0.05) is 26.2 Å². The molecule has 0 aliphatic heterocycles. The first kappa shape index (κ1) is 9.69. The molecule has 1 aliphatic rings. The van der Waals surface area contributed by atoms with Crippen LogP contribution in [0.3, 0.4) is 0 Å². The van der Waals surface area contributed by atoms with Crippen molar-refractivity contribution in [3.05, 3.63) is 20.3 Å². The highest BCUT2D eigenvalue weighted by molar-refractivity contribution is 9.10. The number of thiophene rings is 1. The Kier molecular flexibility index (Phi) is 2.51. The van der Waals surface area contributed by atoms with Crippen LogP contribution in [0.2, 0.25) is 0 Å². The number of halogens is 1. The van der Waals surface area contributed by atoms with E-state index in [4.69, 9.17) is 0 Å². The lowest BCUT2D eigenvalue weighted by molar-refractivity contribution is 0.552. The fourth-order valence-corrected chi connectivity index (χ4v) is 3.57. The van der Waals surface area contributed by atoms with Crippen LogP contribution in [0, 0.1) is 6.92 Å². The van der Waals surface area contributed by atoms with Crippen molar-refractivity contribution in [2.45, 2.75) is 31.7 Å². The number of aryl methyl sites for hydroxylation is 1. The first-order valence-electron chi connectivity index (χ1n) is 4.59. The Morgan fingerprint density at radius 1 is 1.62 bits per heavy atom. The maximum atomic E-state index is 3.61. The molecule has 1 saturated carbocycles. The van der Waals surface area contributed by atoms with Crippen molar-refractivity contribution in [3.8, 4) is 0 Å². The van der Waals surface area contributed by atoms with E-state index in [1.165, 1.54) is 33.5 Å². The van der Waals surface area contributed by atoms with E-state index in [9.17, 15) is 0 Å². The molecule has 0 amide bonds. The molecule has 0 radical (unpaired) electrons. The highest BCUT2D eigenvalue weighted by atomic mass is 79.9. The highest BCUT2D eigenvalue weighted by Crippen LogP contribution is 2.41. The number of rotatable bonds is 3. The predicted molar refractivity (Wildman–Crippen MR) is 61.5 cm³/mol. The van der Waals surface area contributed by atoms with Gasteiger partial charge in [0.15, 0.2) is 0 Å². The minimum Gasteiger partial charge on any atom is -0.314 e. The molecule has 3 heteroatoms. The summed E-state index contributed by atoms with van der Waals surface area (Å²) in [6.45, 7) is 2.16. The van der Waals surface area contributed by atoms with Crippen LogP contribution < -0.4 is 5.32 Å². The monoisotopic (exact) mass is 259 g/mol. The van der Waals surface area contributed by atoms with Gasteiger partial charge in [0.1, 0.15) is 0 Å². The van der Waals surface area contributed by atoms with E-state index >= 15 is 0 Å². The van der Waals surface area contributed by atoms with Crippen molar-refractivity contribution in [3.63, 3.8) is 0 Å². The molecular formula is C10H14BrNS. The summed E-state index contributed by atoms with van der Waals surface area (Å²) in [5, 5.41) is 3.42. The maximum absolute atomic E-state index is 3.61. The summed E-state index contributed by atoms with van der Waals surface area (Å²) in [6.07, 6.45) is 3.84. The third-order valence-corrected chi connectivity index (χ3v) is 4.78. The van der Waals surface area contributed by atoms with E-state index in [2.05, 4.69) is 41.3 Å². The molecule has 1 aliphatic carbocycles. The summed E-state index contributed by atoms with van der Waals surface area (Å²) in [5.74, 6) is 0. The van der Waals surface area contributed by atoms with Gasteiger partial charge in [0.05, 0.1) is 0 Å². The van der Waals surface area contributed by atoms with E-state index in [1.807, 2.05) is 11.3 Å². The Morgan fingerprint density at radius 2 is 2.31 bits per heavy atom. The molecule has 72 valence electrons. The Morgan fingerprint density at radius 3 is 2.69 bits per heavy atom. The molecule has 0 aromatic carbocycles. The number of nitrogens with one attached hydrogen (secondary N) is 1. The van der Waals surface area contributed by atoms with E-state index in [0.717, 1.165) is 0 Å². The summed E-state index contributed by atoms with van der Waals surface area (Å²) < 4.78 is 1.29. The van der Waals surface area contributed by atoms with E-state index < -0.39 is 0 Å². The lowest BCUT2D eigenvalue weighted by Gasteiger charge is -2.12. The third-order valence-electron chi connectivity index (χ3n) is 2.76. The second kappa shape index (κ2) is 3.37. The highest BCUT2D eigenvalue weighted by Gasteiger charge is 2.41. The van der Waals surface area contributed by atoms with Gasteiger partial charge in [0.25, 0.3) is 0 Å². The van der Waals surface area contributed by atoms with Gasteiger partial charge in [-0.15, -0.1) is 11.3 Å². The first-order valence-corrected chi connectivity index (χ1v) is 6.20. The van der Waals surface area contributed by atoms with Crippen molar-refractivity contribution in [1.82, 2.24) is 5.32 Å². The van der Waals surface area contributed by atoms with Crippen molar-refractivity contribution in [2.24, 2.45) is 0 Å². The Balaban J connectivity index is 2.13. The summed E-state index contributed by atoms with van der Waals surface area (Å²) >= 11 is 5.52. The summed E-state index contributed by atoms with van der Waals surface area (Å²) in [4.78, 5) is 2.89. The molecule has 1 fully saturated rings. The van der Waals surface area contributed by atoms with Crippen LogP contribution in [0.1, 0.15) is 22.6 Å². The fourth-order valence-electron chi connectivity index (χ4n) is 1.63. The smallest absolute Gasteiger partial charge is 0.0317 e. The molecule has 0 atom stereocenters. The fraction of sp³-hybridized carbons (Fsp3) is 0.600. The molecule has 1 heterocycles. The second-order valence-corrected chi connectivity index (χ2v) is 6.03. The SMILES string of the molecule is CNC1(Cc2sc(C)cc2Br)CC1. The number of likely N-dealkylation sites (N-methyl/N-ethyl adjacent to an activating group) is 1. The molecule has 0 saturated heterocycles. The van der Waals surface area contributed by atoms with Gasteiger partial charge < -0.3 is 5.32 Å². The zero-order valence-corrected chi connectivity index (χ0v) is 10.4. The van der Waals surface area contributed by atoms with Gasteiger partial charge in [0.2, 0.25) is 0 Å². The molecular weight excluding hydrogens is 246 g/mol. The van der Waals surface area contributed by atoms with E-state index in [-0.39, 0.29) is 0 Å². The zero-order chi connectivity index (χ0) is 9.47. The summed E-state index contributed by atoms with van der Waals surface area (Å²) in [6, 6.07) is 2.21. The van der Waals surface area contributed by atoms with Gasteiger partial charge in [-0.3, -0.25) is 0 Å². The summed E-state index contributed by atoms with van der Waals surface area (Å²) in [5.41, 5.74) is 0.430. The van der Waals surface area contributed by atoms with Gasteiger partial charge in [-0.2, -0.15) is 0 Å². The zero-order valence-electron chi connectivity index (χ0n) is 7.98. The van der Waals surface area contributed by atoms with Crippen LogP contribution in [0.15, 0.2) is 10.5 Å². The minimum absolute atomic E-state index is 0.430. The normalized spacial score (nSPS) is 19.0. The molecule has 1 aromatic rings. The molecule has 0 unspecified atom stereocenters. The third kappa shape index (κ3) is 1.97. The van der Waals surface area contributed by atoms with Crippen molar-refractivity contribution < 1.29 is 0 Å².